The van der Waals surface area contributed by atoms with E-state index in [-0.39, 0.29) is 36.2 Å². The maximum atomic E-state index is 12.4. The Hall–Kier alpha value is -1.66. The summed E-state index contributed by atoms with van der Waals surface area (Å²) in [5.74, 6) is 0.177. The lowest BCUT2D eigenvalue weighted by Crippen LogP contribution is -2.33. The first kappa shape index (κ1) is 16.7. The van der Waals surface area contributed by atoms with Gasteiger partial charge in [-0.05, 0) is 37.0 Å². The van der Waals surface area contributed by atoms with Crippen molar-refractivity contribution >= 4 is 15.7 Å². The van der Waals surface area contributed by atoms with Crippen molar-refractivity contribution in [2.45, 2.75) is 23.8 Å². The average Bonchev–Trinajstić information content (AvgIpc) is 3.35. The second-order valence-electron chi connectivity index (χ2n) is 5.23. The van der Waals surface area contributed by atoms with Crippen LogP contribution in [0.25, 0.3) is 0 Å². The highest BCUT2D eigenvalue weighted by Gasteiger charge is 2.31. The Kier molecular flexibility index (Phi) is 5.37. The molecule has 4 N–H and O–H groups in total. The van der Waals surface area contributed by atoms with Gasteiger partial charge in [0.15, 0.2) is 0 Å². The Bertz CT molecular complexity index is 665. The molecule has 2 rings (SSSR count). The predicted octanol–water partition coefficient (Wildman–Crippen LogP) is 0.0117. The molecule has 0 spiro atoms. The summed E-state index contributed by atoms with van der Waals surface area (Å²) in [6, 6.07) is 6.11. The van der Waals surface area contributed by atoms with Gasteiger partial charge < -0.3 is 15.5 Å². The van der Waals surface area contributed by atoms with Gasteiger partial charge in [0, 0.05) is 13.1 Å². The first-order valence-corrected chi connectivity index (χ1v) is 8.53. The monoisotopic (exact) mass is 325 g/mol. The minimum atomic E-state index is -3.81. The van der Waals surface area contributed by atoms with Gasteiger partial charge in [0.2, 0.25) is 10.0 Å². The zero-order valence-corrected chi connectivity index (χ0v) is 12.8. The van der Waals surface area contributed by atoms with E-state index in [1.807, 2.05) is 6.07 Å². The van der Waals surface area contributed by atoms with Crippen LogP contribution < -0.4 is 10.0 Å². The second-order valence-corrected chi connectivity index (χ2v) is 6.97. The fourth-order valence-corrected chi connectivity index (χ4v) is 3.30. The third-order valence-electron chi connectivity index (χ3n) is 3.47. The van der Waals surface area contributed by atoms with Crippen molar-refractivity contribution in [3.05, 3.63) is 23.8 Å². The van der Waals surface area contributed by atoms with Crippen LogP contribution >= 0.6 is 0 Å². The quantitative estimate of drug-likeness (QED) is 0.534. The molecule has 1 unspecified atom stereocenters. The van der Waals surface area contributed by atoms with Crippen LogP contribution in [0.5, 0.6) is 0 Å². The van der Waals surface area contributed by atoms with Crippen molar-refractivity contribution in [2.24, 2.45) is 5.92 Å². The molecule has 1 aliphatic carbocycles. The van der Waals surface area contributed by atoms with Gasteiger partial charge in [-0.2, -0.15) is 5.26 Å². The smallest absolute Gasteiger partial charge is 0.242 e. The van der Waals surface area contributed by atoms with E-state index in [1.165, 1.54) is 18.2 Å². The van der Waals surface area contributed by atoms with E-state index in [4.69, 9.17) is 10.4 Å². The number of aliphatic hydroxyl groups is 2. The van der Waals surface area contributed by atoms with E-state index in [0.717, 1.165) is 12.8 Å². The number of benzene rings is 1. The van der Waals surface area contributed by atoms with Crippen molar-refractivity contribution in [1.82, 2.24) is 4.72 Å². The molecule has 0 amide bonds. The van der Waals surface area contributed by atoms with Crippen LogP contribution in [0.4, 0.5) is 5.69 Å². The standard InChI is InChI=1S/C14H19N3O4S/c15-8-10-1-4-14(12(7-10)16-5-6-18)22(20,21)17-9-13(19)11-2-3-11/h1,4,7,11,13,16-19H,2-3,5-6,9H2. The van der Waals surface area contributed by atoms with Crippen LogP contribution in [-0.2, 0) is 10.0 Å². The molecule has 0 bridgehead atoms. The minimum absolute atomic E-state index is 0.0112. The number of hydrogen-bond acceptors (Lipinski definition) is 6. The van der Waals surface area contributed by atoms with Crippen molar-refractivity contribution in [2.75, 3.05) is 25.0 Å². The SMILES string of the molecule is N#Cc1ccc(S(=O)(=O)NCC(O)C2CC2)c(NCCO)c1. The molecule has 1 atom stereocenters. The van der Waals surface area contributed by atoms with Crippen LogP contribution in [0.15, 0.2) is 23.1 Å². The van der Waals surface area contributed by atoms with Gasteiger partial charge >= 0.3 is 0 Å². The van der Waals surface area contributed by atoms with Gasteiger partial charge in [0.05, 0.1) is 30.0 Å². The highest BCUT2D eigenvalue weighted by atomic mass is 32.2. The Morgan fingerprint density at radius 2 is 2.14 bits per heavy atom. The van der Waals surface area contributed by atoms with E-state index < -0.39 is 16.1 Å². The van der Waals surface area contributed by atoms with E-state index in [0.29, 0.717) is 5.56 Å². The van der Waals surface area contributed by atoms with E-state index in [9.17, 15) is 13.5 Å². The zero-order chi connectivity index (χ0) is 16.2. The number of sulfonamides is 1. The molecule has 0 aromatic heterocycles. The summed E-state index contributed by atoms with van der Waals surface area (Å²) >= 11 is 0. The molecule has 8 heteroatoms. The molecular weight excluding hydrogens is 306 g/mol. The second kappa shape index (κ2) is 7.07. The lowest BCUT2D eigenvalue weighted by Gasteiger charge is -2.15. The summed E-state index contributed by atoms with van der Waals surface area (Å²) in [4.78, 5) is -0.0112. The fraction of sp³-hybridized carbons (Fsp3) is 0.500. The summed E-state index contributed by atoms with van der Waals surface area (Å²) in [6.45, 7) is -0.0291. The third kappa shape index (κ3) is 4.18. The third-order valence-corrected chi connectivity index (χ3v) is 4.96. The predicted molar refractivity (Wildman–Crippen MR) is 80.7 cm³/mol. The molecule has 0 radical (unpaired) electrons. The molecular formula is C14H19N3O4S. The number of aliphatic hydroxyl groups excluding tert-OH is 2. The lowest BCUT2D eigenvalue weighted by molar-refractivity contribution is 0.155. The van der Waals surface area contributed by atoms with E-state index in [1.54, 1.807) is 0 Å². The molecule has 1 aromatic rings. The van der Waals surface area contributed by atoms with Crippen LogP contribution in [0.2, 0.25) is 0 Å². The molecule has 0 aliphatic heterocycles. The Morgan fingerprint density at radius 3 is 2.73 bits per heavy atom. The van der Waals surface area contributed by atoms with Crippen molar-refractivity contribution < 1.29 is 18.6 Å². The summed E-state index contributed by atoms with van der Waals surface area (Å²) in [6.07, 6.45) is 1.16. The first-order chi connectivity index (χ1) is 10.5. The highest BCUT2D eigenvalue weighted by Crippen LogP contribution is 2.32. The molecule has 0 saturated heterocycles. The Morgan fingerprint density at radius 1 is 1.41 bits per heavy atom. The maximum absolute atomic E-state index is 12.4. The number of nitrogens with one attached hydrogen (secondary N) is 2. The molecule has 1 aromatic carbocycles. The van der Waals surface area contributed by atoms with E-state index >= 15 is 0 Å². The minimum Gasteiger partial charge on any atom is -0.395 e. The number of nitriles is 1. The number of nitrogens with zero attached hydrogens (tertiary/aromatic N) is 1. The van der Waals surface area contributed by atoms with Crippen LogP contribution in [0.1, 0.15) is 18.4 Å². The van der Waals surface area contributed by atoms with Gasteiger partial charge in [-0.15, -0.1) is 0 Å². The molecule has 120 valence electrons. The van der Waals surface area contributed by atoms with Crippen molar-refractivity contribution in [1.29, 1.82) is 5.26 Å². The van der Waals surface area contributed by atoms with Crippen LogP contribution in [0.3, 0.4) is 0 Å². The van der Waals surface area contributed by atoms with E-state index in [2.05, 4.69) is 10.0 Å². The Labute approximate surface area is 129 Å². The van der Waals surface area contributed by atoms with Crippen molar-refractivity contribution in [3.63, 3.8) is 0 Å². The molecule has 1 saturated carbocycles. The van der Waals surface area contributed by atoms with Crippen molar-refractivity contribution in [3.8, 4) is 6.07 Å². The van der Waals surface area contributed by atoms with Gasteiger partial charge in [0.25, 0.3) is 0 Å². The first-order valence-electron chi connectivity index (χ1n) is 7.04. The highest BCUT2D eigenvalue weighted by molar-refractivity contribution is 7.89. The van der Waals surface area contributed by atoms with Gasteiger partial charge in [-0.25, -0.2) is 13.1 Å². The molecule has 7 nitrogen and oxygen atoms in total. The van der Waals surface area contributed by atoms with Crippen LogP contribution in [-0.4, -0.2) is 44.4 Å². The Balaban J connectivity index is 2.18. The summed E-state index contributed by atoms with van der Waals surface area (Å²) in [5.41, 5.74) is 0.568. The number of rotatable bonds is 8. The molecule has 22 heavy (non-hydrogen) atoms. The summed E-state index contributed by atoms with van der Waals surface area (Å²) < 4.78 is 27.1. The lowest BCUT2D eigenvalue weighted by atomic mass is 10.2. The van der Waals surface area contributed by atoms with Crippen LogP contribution in [0, 0.1) is 17.2 Å². The van der Waals surface area contributed by atoms with Gasteiger partial charge in [-0.3, -0.25) is 0 Å². The largest absolute Gasteiger partial charge is 0.395 e. The zero-order valence-electron chi connectivity index (χ0n) is 12.0. The fourth-order valence-electron chi connectivity index (χ4n) is 2.08. The molecule has 1 aliphatic rings. The number of hydrogen-bond donors (Lipinski definition) is 4. The summed E-state index contributed by atoms with van der Waals surface area (Å²) in [5, 5.41) is 30.3. The average molecular weight is 325 g/mol. The van der Waals surface area contributed by atoms with Gasteiger partial charge in [-0.1, -0.05) is 0 Å². The topological polar surface area (TPSA) is 122 Å². The molecule has 0 heterocycles. The summed E-state index contributed by atoms with van der Waals surface area (Å²) in [7, 11) is -3.81. The number of anilines is 1. The normalized spacial score (nSPS) is 16.0. The molecule has 1 fully saturated rings. The van der Waals surface area contributed by atoms with Gasteiger partial charge in [0.1, 0.15) is 4.90 Å². The maximum Gasteiger partial charge on any atom is 0.242 e.